The van der Waals surface area contributed by atoms with Crippen molar-refractivity contribution in [3.8, 4) is 28.7 Å². The molecule has 0 saturated heterocycles. The summed E-state index contributed by atoms with van der Waals surface area (Å²) in [6.07, 6.45) is 4.93. The number of phenols is 2. The Hall–Kier alpha value is -5.19. The standard InChI is InChI=1S/C53H61N3O9S2/c1-52(62)29-56-31-64-51-46(65-32-57)14-12-38-26-53(17-15-47(49(38)51)67-66-30-52,40-20-34(27-54-2)21-41(58)24-40)48(61)25-45(60)39(19-33-16-18-55-28-33)22-37-11-13-44(59)50(63-3)43(37)23-36-9-6-8-35-7-4-5-10-42(35)36/h4-14,16,18,20-21,24,28,39,45,47,54-60,62H,15,17,19,22-23,25-27,29-32H2,1-3H3. The molecule has 0 radical (unpaired) electrons. The number of ketones is 1. The van der Waals surface area contributed by atoms with Crippen molar-refractivity contribution in [2.45, 2.75) is 80.8 Å². The topological polar surface area (TPSA) is 186 Å². The van der Waals surface area contributed by atoms with Crippen LogP contribution in [0.2, 0.25) is 0 Å². The van der Waals surface area contributed by atoms with Crippen LogP contribution in [-0.2, 0) is 42.4 Å². The quantitative estimate of drug-likeness (QED) is 0.0345. The molecule has 0 amide bonds. The van der Waals surface area contributed by atoms with Gasteiger partial charge in [0.05, 0.1) is 24.2 Å². The van der Waals surface area contributed by atoms with Crippen molar-refractivity contribution in [1.29, 1.82) is 0 Å². The van der Waals surface area contributed by atoms with Crippen molar-refractivity contribution in [1.82, 2.24) is 15.6 Å². The molecule has 5 aromatic carbocycles. The van der Waals surface area contributed by atoms with Gasteiger partial charge in [-0.3, -0.25) is 10.1 Å². The van der Waals surface area contributed by atoms with Crippen LogP contribution in [0.5, 0.6) is 28.7 Å². The highest BCUT2D eigenvalue weighted by atomic mass is 33.1. The number of hydrogen-bond acceptors (Lipinski definition) is 13. The Morgan fingerprint density at radius 1 is 1.00 bits per heavy atom. The summed E-state index contributed by atoms with van der Waals surface area (Å²) in [5.41, 5.74) is 4.70. The van der Waals surface area contributed by atoms with Crippen LogP contribution in [0.1, 0.15) is 75.9 Å². The molecule has 8 N–H and O–H groups in total. The van der Waals surface area contributed by atoms with Gasteiger partial charge in [-0.15, -0.1) is 0 Å². The first-order valence-electron chi connectivity index (χ1n) is 22.8. The van der Waals surface area contributed by atoms with E-state index in [1.165, 1.54) is 0 Å². The lowest BCUT2D eigenvalue weighted by Crippen LogP contribution is -2.41. The van der Waals surface area contributed by atoms with E-state index in [0.717, 1.165) is 49.7 Å². The Kier molecular flexibility index (Phi) is 15.4. The van der Waals surface area contributed by atoms with E-state index in [-0.39, 0.29) is 42.1 Å². The van der Waals surface area contributed by atoms with Gasteiger partial charge in [-0.1, -0.05) is 82.3 Å². The van der Waals surface area contributed by atoms with E-state index in [4.69, 9.17) is 14.2 Å². The van der Waals surface area contributed by atoms with E-state index >= 15 is 4.79 Å². The fourth-order valence-electron chi connectivity index (χ4n) is 10.0. The molecule has 2 heterocycles. The summed E-state index contributed by atoms with van der Waals surface area (Å²) in [7, 11) is 6.55. The summed E-state index contributed by atoms with van der Waals surface area (Å²) in [6.45, 7) is 2.06. The number of fused-ring (bicyclic) bond motifs is 1. The minimum absolute atomic E-state index is 0.0241. The predicted molar refractivity (Wildman–Crippen MR) is 265 cm³/mol. The number of phenolic OH excluding ortho intramolecular Hbond substituents is 2. The maximum atomic E-state index is 15.8. The van der Waals surface area contributed by atoms with Gasteiger partial charge in [0.2, 0.25) is 0 Å². The maximum absolute atomic E-state index is 15.8. The second-order valence-corrected chi connectivity index (χ2v) is 20.7. The zero-order valence-electron chi connectivity index (χ0n) is 38.2. The van der Waals surface area contributed by atoms with E-state index in [1.54, 1.807) is 59.9 Å². The largest absolute Gasteiger partial charge is 0.508 e. The van der Waals surface area contributed by atoms with Crippen LogP contribution >= 0.6 is 21.6 Å². The summed E-state index contributed by atoms with van der Waals surface area (Å²) < 4.78 is 18.0. The molecular weight excluding hydrogens is 887 g/mol. The fourth-order valence-corrected chi connectivity index (χ4v) is 13.2. The van der Waals surface area contributed by atoms with E-state index in [0.29, 0.717) is 73.8 Å². The zero-order chi connectivity index (χ0) is 47.1. The first-order valence-corrected chi connectivity index (χ1v) is 25.2. The number of aromatic nitrogens is 1. The molecule has 67 heavy (non-hydrogen) atoms. The second-order valence-electron chi connectivity index (χ2n) is 18.2. The molecule has 1 aliphatic heterocycles. The van der Waals surface area contributed by atoms with Crippen LogP contribution in [0.15, 0.2) is 103 Å². The summed E-state index contributed by atoms with van der Waals surface area (Å²) >= 11 is 0. The summed E-state index contributed by atoms with van der Waals surface area (Å²) in [5.74, 6) is 1.11. The van der Waals surface area contributed by atoms with Gasteiger partial charge in [0.1, 0.15) is 18.3 Å². The number of aromatic amines is 1. The number of aliphatic hydroxyl groups excluding tert-OH is 2. The molecular formula is C53H61N3O9S2. The zero-order valence-corrected chi connectivity index (χ0v) is 39.9. The van der Waals surface area contributed by atoms with Crippen molar-refractivity contribution in [3.63, 3.8) is 0 Å². The molecule has 1 aromatic heterocycles. The van der Waals surface area contributed by atoms with Gasteiger partial charge in [-0.25, -0.2) is 0 Å². The van der Waals surface area contributed by atoms with Crippen molar-refractivity contribution in [2.24, 2.45) is 5.92 Å². The Morgan fingerprint density at radius 3 is 2.63 bits per heavy atom. The molecule has 354 valence electrons. The molecule has 0 bridgehead atoms. The van der Waals surface area contributed by atoms with Crippen molar-refractivity contribution in [3.05, 3.63) is 148 Å². The second kappa shape index (κ2) is 21.4. The minimum Gasteiger partial charge on any atom is -0.508 e. The third-order valence-corrected chi connectivity index (χ3v) is 16.3. The number of hydrogen-bond donors (Lipinski definition) is 8. The van der Waals surface area contributed by atoms with Crippen LogP contribution in [0, 0.1) is 5.92 Å². The lowest BCUT2D eigenvalue weighted by atomic mass is 9.68. The Morgan fingerprint density at radius 2 is 1.84 bits per heavy atom. The number of ether oxygens (including phenoxy) is 3. The number of β-amino-alcohol motifs (C(OH)–C–C–N with tert-alkyl or cyclic N) is 1. The van der Waals surface area contributed by atoms with Crippen LogP contribution in [0.25, 0.3) is 10.8 Å². The number of methoxy groups -OCH3 is 1. The number of benzene rings is 5. The minimum atomic E-state index is -1.20. The monoisotopic (exact) mass is 947 g/mol. The van der Waals surface area contributed by atoms with Crippen LogP contribution in [-0.4, -0.2) is 88.0 Å². The Labute approximate surface area is 399 Å². The average molecular weight is 948 g/mol. The third kappa shape index (κ3) is 10.9. The molecule has 5 atom stereocenters. The van der Waals surface area contributed by atoms with Crippen molar-refractivity contribution >= 4 is 38.1 Å². The van der Waals surface area contributed by atoms with E-state index in [2.05, 4.69) is 39.9 Å². The highest BCUT2D eigenvalue weighted by molar-refractivity contribution is 8.76. The summed E-state index contributed by atoms with van der Waals surface area (Å²) in [5, 5.41) is 64.6. The smallest absolute Gasteiger partial charge is 0.186 e. The van der Waals surface area contributed by atoms with Crippen LogP contribution in [0.4, 0.5) is 0 Å². The molecule has 8 rings (SSSR count). The average Bonchev–Trinajstić information content (AvgIpc) is 3.75. The molecule has 0 fully saturated rings. The number of H-pyrrole nitrogens is 1. The van der Waals surface area contributed by atoms with E-state index in [9.17, 15) is 25.5 Å². The number of nitrogens with one attached hydrogen (secondary N) is 3. The normalized spacial score (nSPS) is 20.7. The number of rotatable bonds is 16. The van der Waals surface area contributed by atoms with Gasteiger partial charge in [0.25, 0.3) is 0 Å². The number of aliphatic hydroxyl groups is 3. The molecule has 2 aliphatic rings. The fraction of sp³-hybridized carbons (Fsp3) is 0.377. The highest BCUT2D eigenvalue weighted by Crippen LogP contribution is 2.55. The van der Waals surface area contributed by atoms with Gasteiger partial charge < -0.3 is 50.0 Å². The van der Waals surface area contributed by atoms with Crippen molar-refractivity contribution in [2.75, 3.05) is 40.0 Å². The number of aromatic hydroxyl groups is 2. The summed E-state index contributed by atoms with van der Waals surface area (Å²) in [4.78, 5) is 18.9. The first kappa shape index (κ1) is 48.3. The number of carbonyl (C=O) groups excluding carboxylic acids is 1. The van der Waals surface area contributed by atoms with Gasteiger partial charge >= 0.3 is 0 Å². The van der Waals surface area contributed by atoms with Crippen LogP contribution in [0.3, 0.4) is 0 Å². The molecule has 1 aliphatic carbocycles. The Bertz CT molecular complexity index is 2650. The lowest BCUT2D eigenvalue weighted by Gasteiger charge is -2.35. The van der Waals surface area contributed by atoms with E-state index < -0.39 is 29.8 Å². The van der Waals surface area contributed by atoms with Crippen LogP contribution < -0.4 is 24.8 Å². The summed E-state index contributed by atoms with van der Waals surface area (Å²) in [6, 6.07) is 29.0. The van der Waals surface area contributed by atoms with E-state index in [1.807, 2.05) is 61.9 Å². The number of carbonyl (C=O) groups is 1. The van der Waals surface area contributed by atoms with Gasteiger partial charge in [0, 0.05) is 60.5 Å². The van der Waals surface area contributed by atoms with Gasteiger partial charge in [-0.05, 0) is 126 Å². The molecule has 0 spiro atoms. The maximum Gasteiger partial charge on any atom is 0.186 e. The molecule has 14 heteroatoms. The number of Topliss-reactive ketones (excluding diaryl/α,β-unsaturated/α-hetero) is 1. The lowest BCUT2D eigenvalue weighted by molar-refractivity contribution is -0.127. The molecule has 12 nitrogen and oxygen atoms in total. The van der Waals surface area contributed by atoms with Crippen molar-refractivity contribution < 1.29 is 44.5 Å². The highest BCUT2D eigenvalue weighted by Gasteiger charge is 2.46. The first-order chi connectivity index (χ1) is 32.4. The molecule has 5 unspecified atom stereocenters. The van der Waals surface area contributed by atoms with Gasteiger partial charge in [-0.2, -0.15) is 0 Å². The van der Waals surface area contributed by atoms with Gasteiger partial charge in [0.15, 0.2) is 29.8 Å². The molecule has 6 aromatic rings. The SMILES string of the molecule is CNCc1cc(O)cc(C2(C(=O)CC(O)C(Cc3cc[nH]c3)Cc3ccc(O)c(OC)c3Cc3cccc4ccccc34)CCC3SSCC(C)(O)CNCOc4c(OCO)ccc(c43)C2)c1. The predicted octanol–water partition coefficient (Wildman–Crippen LogP) is 8.04. The third-order valence-electron chi connectivity index (χ3n) is 13.3. The Balaban J connectivity index is 1.20. The molecule has 0 saturated carbocycles.